The number of hydrogen-bond acceptors (Lipinski definition) is 4. The van der Waals surface area contributed by atoms with Crippen LogP contribution in [0.15, 0.2) is 59.5 Å². The van der Waals surface area contributed by atoms with Crippen molar-refractivity contribution in [3.05, 3.63) is 87.3 Å². The van der Waals surface area contributed by atoms with E-state index < -0.39 is 11.5 Å². The first-order valence-electron chi connectivity index (χ1n) is 9.17. The fourth-order valence-corrected chi connectivity index (χ4v) is 3.20. The smallest absolute Gasteiger partial charge is 0.266 e. The van der Waals surface area contributed by atoms with E-state index in [4.69, 9.17) is 0 Å². The van der Waals surface area contributed by atoms with Crippen LogP contribution in [0.1, 0.15) is 27.0 Å². The van der Waals surface area contributed by atoms with Gasteiger partial charge in [-0.15, -0.1) is 0 Å². The summed E-state index contributed by atoms with van der Waals surface area (Å²) in [6.07, 6.45) is 1.44. The molecule has 29 heavy (non-hydrogen) atoms. The van der Waals surface area contributed by atoms with E-state index in [2.05, 4.69) is 15.4 Å². The lowest BCUT2D eigenvalue weighted by Crippen LogP contribution is -2.24. The number of aryl methyl sites for hydroxylation is 2. The number of fused-ring (bicyclic) bond motifs is 1. The Hall–Kier alpha value is -3.87. The van der Waals surface area contributed by atoms with Crippen LogP contribution in [-0.2, 0) is 6.54 Å². The van der Waals surface area contributed by atoms with Gasteiger partial charge in [0.1, 0.15) is 17.0 Å². The first-order chi connectivity index (χ1) is 13.9. The van der Waals surface area contributed by atoms with E-state index in [0.29, 0.717) is 23.3 Å². The summed E-state index contributed by atoms with van der Waals surface area (Å²) in [7, 11) is 0. The number of nitrogens with one attached hydrogen (secondary N) is 2. The molecule has 0 aliphatic rings. The maximum Gasteiger partial charge on any atom is 0.266 e. The Morgan fingerprint density at radius 3 is 2.62 bits per heavy atom. The van der Waals surface area contributed by atoms with Gasteiger partial charge in [0, 0.05) is 5.69 Å². The minimum atomic E-state index is -0.676. The number of carbonyl (C=O) groups excluding carboxylic acids is 1. The summed E-state index contributed by atoms with van der Waals surface area (Å²) in [5, 5.41) is 17.9. The number of rotatable bonds is 4. The summed E-state index contributed by atoms with van der Waals surface area (Å²) in [5.41, 5.74) is 3.00. The van der Waals surface area contributed by atoms with Gasteiger partial charge in [0.15, 0.2) is 0 Å². The van der Waals surface area contributed by atoms with Gasteiger partial charge < -0.3 is 15.4 Å². The van der Waals surface area contributed by atoms with E-state index >= 15 is 0 Å². The molecule has 0 aliphatic carbocycles. The van der Waals surface area contributed by atoms with Crippen molar-refractivity contribution in [1.82, 2.24) is 14.8 Å². The molecule has 0 aliphatic heterocycles. The van der Waals surface area contributed by atoms with E-state index in [0.717, 1.165) is 16.7 Å². The number of benzene rings is 2. The van der Waals surface area contributed by atoms with Crippen LogP contribution < -0.4 is 10.9 Å². The number of nitrogens with zero attached hydrogens (tertiary/aromatic N) is 2. The quantitative estimate of drug-likeness (QED) is 0.499. The van der Waals surface area contributed by atoms with Crippen molar-refractivity contribution >= 4 is 22.6 Å². The van der Waals surface area contributed by atoms with Crippen molar-refractivity contribution in [3.8, 4) is 5.75 Å². The molecule has 0 bridgehead atoms. The van der Waals surface area contributed by atoms with Crippen LogP contribution in [0.2, 0.25) is 0 Å². The minimum absolute atomic E-state index is 0.311. The van der Waals surface area contributed by atoms with E-state index in [-0.39, 0.29) is 11.3 Å². The zero-order valence-electron chi connectivity index (χ0n) is 16.1. The normalized spacial score (nSPS) is 11.0. The number of anilines is 1. The van der Waals surface area contributed by atoms with Crippen LogP contribution in [0.25, 0.3) is 11.0 Å². The van der Waals surface area contributed by atoms with Crippen LogP contribution in [0, 0.1) is 13.8 Å². The fraction of sp³-hybridized carbons (Fsp3) is 0.136. The molecule has 0 saturated heterocycles. The largest absolute Gasteiger partial charge is 0.506 e. The van der Waals surface area contributed by atoms with Gasteiger partial charge in [-0.1, -0.05) is 36.4 Å². The second-order valence-corrected chi connectivity index (χ2v) is 6.98. The highest BCUT2D eigenvalue weighted by molar-refractivity contribution is 6.08. The molecule has 4 rings (SSSR count). The van der Waals surface area contributed by atoms with E-state index in [1.54, 1.807) is 10.7 Å². The molecule has 0 radical (unpaired) electrons. The van der Waals surface area contributed by atoms with E-state index in [9.17, 15) is 14.7 Å². The van der Waals surface area contributed by atoms with Crippen LogP contribution in [-0.4, -0.2) is 25.8 Å². The van der Waals surface area contributed by atoms with E-state index in [1.807, 2.05) is 56.3 Å². The average Bonchev–Trinajstić information content (AvgIpc) is 3.08. The standard InChI is InChI=1S/C22H20N4O3/c1-13-8-9-16(10-14(13)2)24-21(28)18-19(27)17-11-23-26(20(17)25-22(18)29)12-15-6-4-3-5-7-15/h3-11H,12H2,1-2H3,(H,24,28)(H2,25,27,29). The third kappa shape index (κ3) is 3.50. The van der Waals surface area contributed by atoms with Crippen molar-refractivity contribution in [2.45, 2.75) is 20.4 Å². The lowest BCUT2D eigenvalue weighted by molar-refractivity contribution is 0.102. The molecule has 2 aromatic heterocycles. The van der Waals surface area contributed by atoms with Gasteiger partial charge in [0.25, 0.3) is 11.5 Å². The van der Waals surface area contributed by atoms with Crippen molar-refractivity contribution in [3.63, 3.8) is 0 Å². The summed E-state index contributed by atoms with van der Waals surface area (Å²) in [4.78, 5) is 27.9. The third-order valence-electron chi connectivity index (χ3n) is 4.96. The molecule has 0 unspecified atom stereocenters. The number of aromatic nitrogens is 3. The number of pyridine rings is 1. The summed E-state index contributed by atoms with van der Waals surface area (Å²) >= 11 is 0. The molecular formula is C22H20N4O3. The Kier molecular flexibility index (Phi) is 4.64. The minimum Gasteiger partial charge on any atom is -0.506 e. The SMILES string of the molecule is Cc1ccc(NC(=O)c2c(O)c3cnn(Cc4ccccc4)c3[nH]c2=O)cc1C. The molecule has 2 aromatic carbocycles. The van der Waals surface area contributed by atoms with Crippen LogP contribution in [0.4, 0.5) is 5.69 Å². The van der Waals surface area contributed by atoms with Crippen molar-refractivity contribution in [2.24, 2.45) is 0 Å². The highest BCUT2D eigenvalue weighted by Gasteiger charge is 2.21. The van der Waals surface area contributed by atoms with Crippen LogP contribution >= 0.6 is 0 Å². The first kappa shape index (κ1) is 18.5. The summed E-state index contributed by atoms with van der Waals surface area (Å²) in [6.45, 7) is 4.33. The lowest BCUT2D eigenvalue weighted by Gasteiger charge is -2.09. The fourth-order valence-electron chi connectivity index (χ4n) is 3.20. The molecule has 0 saturated carbocycles. The van der Waals surface area contributed by atoms with Crippen molar-refractivity contribution < 1.29 is 9.90 Å². The van der Waals surface area contributed by atoms with Gasteiger partial charge >= 0.3 is 0 Å². The third-order valence-corrected chi connectivity index (χ3v) is 4.96. The van der Waals surface area contributed by atoms with Gasteiger partial charge in [-0.2, -0.15) is 5.10 Å². The van der Waals surface area contributed by atoms with Gasteiger partial charge in [0.05, 0.1) is 18.1 Å². The maximum atomic E-state index is 12.7. The molecule has 0 fully saturated rings. The number of H-pyrrole nitrogens is 1. The summed E-state index contributed by atoms with van der Waals surface area (Å²) < 4.78 is 1.58. The summed E-state index contributed by atoms with van der Waals surface area (Å²) in [5.74, 6) is -1.06. The average molecular weight is 388 g/mol. The zero-order chi connectivity index (χ0) is 20.5. The highest BCUT2D eigenvalue weighted by Crippen LogP contribution is 2.26. The number of hydrogen-bond donors (Lipinski definition) is 3. The monoisotopic (exact) mass is 388 g/mol. The molecule has 1 amide bonds. The van der Waals surface area contributed by atoms with Crippen LogP contribution in [0.5, 0.6) is 5.75 Å². The Labute approximate surface area is 166 Å². The van der Waals surface area contributed by atoms with Crippen molar-refractivity contribution in [2.75, 3.05) is 5.32 Å². The molecule has 2 heterocycles. The number of aromatic amines is 1. The maximum absolute atomic E-state index is 12.7. The second-order valence-electron chi connectivity index (χ2n) is 6.98. The number of aromatic hydroxyl groups is 1. The molecule has 3 N–H and O–H groups in total. The van der Waals surface area contributed by atoms with Gasteiger partial charge in [0.2, 0.25) is 0 Å². The molecule has 0 atom stereocenters. The van der Waals surface area contributed by atoms with E-state index in [1.165, 1.54) is 6.20 Å². The molecule has 0 spiro atoms. The van der Waals surface area contributed by atoms with Gasteiger partial charge in [-0.3, -0.25) is 9.59 Å². The lowest BCUT2D eigenvalue weighted by atomic mass is 10.1. The Morgan fingerprint density at radius 2 is 1.90 bits per heavy atom. The Bertz CT molecular complexity index is 1270. The molecule has 7 heteroatoms. The van der Waals surface area contributed by atoms with Gasteiger partial charge in [-0.05, 0) is 42.7 Å². The Balaban J connectivity index is 1.69. The molecule has 146 valence electrons. The predicted molar refractivity (Wildman–Crippen MR) is 111 cm³/mol. The highest BCUT2D eigenvalue weighted by atomic mass is 16.3. The molecular weight excluding hydrogens is 368 g/mol. The predicted octanol–water partition coefficient (Wildman–Crippen LogP) is 3.35. The zero-order valence-corrected chi connectivity index (χ0v) is 16.1. The first-order valence-corrected chi connectivity index (χ1v) is 9.17. The molecule has 7 nitrogen and oxygen atoms in total. The van der Waals surface area contributed by atoms with Crippen molar-refractivity contribution in [1.29, 1.82) is 0 Å². The van der Waals surface area contributed by atoms with Gasteiger partial charge in [-0.25, -0.2) is 4.68 Å². The topological polar surface area (TPSA) is 100 Å². The Morgan fingerprint density at radius 1 is 1.14 bits per heavy atom. The summed E-state index contributed by atoms with van der Waals surface area (Å²) in [6, 6.07) is 15.1. The number of amides is 1. The number of carbonyl (C=O) groups is 1. The second kappa shape index (κ2) is 7.27. The molecule has 4 aromatic rings. The van der Waals surface area contributed by atoms with Crippen LogP contribution in [0.3, 0.4) is 0 Å².